The lowest BCUT2D eigenvalue weighted by Crippen LogP contribution is -2.30. The van der Waals surface area contributed by atoms with Crippen LogP contribution in [0, 0.1) is 5.89 Å². The zero-order valence-corrected chi connectivity index (χ0v) is 9.81. The first kappa shape index (κ1) is 8.52. The van der Waals surface area contributed by atoms with Crippen molar-refractivity contribution in [1.29, 1.82) is 0 Å². The van der Waals surface area contributed by atoms with Crippen LogP contribution in [0.15, 0.2) is 24.3 Å². The average molecular weight is 189 g/mol. The first-order valence-electron chi connectivity index (χ1n) is 5.83. The summed E-state index contributed by atoms with van der Waals surface area (Å²) >= 11 is 0. The maximum Gasteiger partial charge on any atom is 0.0318 e. The molecular formula is C14H20. The van der Waals surface area contributed by atoms with Gasteiger partial charge in [-0.25, -0.2) is 0 Å². The standard InChI is InChI=1S/C14H20/c1-10-13(2,3)11-8-6-7-9-12(11)14(10,4)5/h6-10H,1-5H3/i10D. The second-order valence-electron chi connectivity index (χ2n) is 5.42. The monoisotopic (exact) mass is 189 g/mol. The summed E-state index contributed by atoms with van der Waals surface area (Å²) in [5.74, 6) is -0.455. The molecule has 0 radical (unpaired) electrons. The maximum atomic E-state index is 8.68. The molecule has 0 bridgehead atoms. The van der Waals surface area contributed by atoms with E-state index in [2.05, 4.69) is 58.9 Å². The predicted molar refractivity (Wildman–Crippen MR) is 61.7 cm³/mol. The molecule has 0 aliphatic heterocycles. The van der Waals surface area contributed by atoms with E-state index in [0.29, 0.717) is 0 Å². The van der Waals surface area contributed by atoms with E-state index in [1.807, 2.05) is 0 Å². The van der Waals surface area contributed by atoms with E-state index < -0.39 is 5.89 Å². The molecule has 0 N–H and O–H groups in total. The van der Waals surface area contributed by atoms with Gasteiger partial charge in [-0.3, -0.25) is 0 Å². The van der Waals surface area contributed by atoms with Crippen LogP contribution in [0.1, 0.15) is 47.1 Å². The van der Waals surface area contributed by atoms with Gasteiger partial charge >= 0.3 is 0 Å². The van der Waals surface area contributed by atoms with Crippen molar-refractivity contribution >= 4 is 0 Å². The van der Waals surface area contributed by atoms with Gasteiger partial charge in [0.15, 0.2) is 0 Å². The smallest absolute Gasteiger partial charge is 0.0318 e. The van der Waals surface area contributed by atoms with Gasteiger partial charge in [-0.05, 0) is 27.9 Å². The molecule has 0 amide bonds. The second-order valence-corrected chi connectivity index (χ2v) is 5.42. The maximum absolute atomic E-state index is 8.68. The van der Waals surface area contributed by atoms with Crippen molar-refractivity contribution in [2.75, 3.05) is 0 Å². The van der Waals surface area contributed by atoms with Crippen LogP contribution < -0.4 is 0 Å². The van der Waals surface area contributed by atoms with Crippen LogP contribution in [-0.4, -0.2) is 0 Å². The SMILES string of the molecule is [2H]C1(C)C(C)(C)c2ccccc2C1(C)C. The minimum atomic E-state index is -0.455. The van der Waals surface area contributed by atoms with Crippen molar-refractivity contribution in [3.8, 4) is 0 Å². The Morgan fingerprint density at radius 2 is 1.36 bits per heavy atom. The lowest BCUT2D eigenvalue weighted by atomic mass is 9.71. The van der Waals surface area contributed by atoms with Crippen LogP contribution in [0.25, 0.3) is 0 Å². The molecule has 1 aromatic rings. The third-order valence-corrected chi connectivity index (χ3v) is 4.15. The average Bonchev–Trinajstić information content (AvgIpc) is 2.26. The molecule has 0 unspecified atom stereocenters. The highest BCUT2D eigenvalue weighted by Crippen LogP contribution is 2.53. The molecule has 1 aliphatic carbocycles. The van der Waals surface area contributed by atoms with Crippen LogP contribution >= 0.6 is 0 Å². The molecule has 0 spiro atoms. The summed E-state index contributed by atoms with van der Waals surface area (Å²) in [6.45, 7) is 10.8. The van der Waals surface area contributed by atoms with Gasteiger partial charge in [0.05, 0.1) is 0 Å². The lowest BCUT2D eigenvalue weighted by molar-refractivity contribution is 0.264. The molecule has 0 atom stereocenters. The van der Waals surface area contributed by atoms with Crippen LogP contribution in [0.4, 0.5) is 0 Å². The van der Waals surface area contributed by atoms with Crippen molar-refractivity contribution < 1.29 is 1.37 Å². The Bertz CT molecular complexity index is 363. The van der Waals surface area contributed by atoms with Crippen LogP contribution in [0.3, 0.4) is 0 Å². The van der Waals surface area contributed by atoms with Crippen molar-refractivity contribution in [3.05, 3.63) is 35.4 Å². The molecule has 0 heteroatoms. The molecule has 1 aromatic carbocycles. The molecule has 0 fully saturated rings. The highest BCUT2D eigenvalue weighted by Gasteiger charge is 2.47. The van der Waals surface area contributed by atoms with E-state index >= 15 is 0 Å². The summed E-state index contributed by atoms with van der Waals surface area (Å²) in [4.78, 5) is 0. The topological polar surface area (TPSA) is 0 Å². The second kappa shape index (κ2) is 2.62. The van der Waals surface area contributed by atoms with Gasteiger partial charge in [0.2, 0.25) is 0 Å². The highest BCUT2D eigenvalue weighted by atomic mass is 14.5. The van der Waals surface area contributed by atoms with Crippen LogP contribution in [0.2, 0.25) is 0 Å². The highest BCUT2D eigenvalue weighted by molar-refractivity contribution is 5.45. The summed E-state index contributed by atoms with van der Waals surface area (Å²) in [6.07, 6.45) is 0. The molecular weight excluding hydrogens is 168 g/mol. The number of hydrogen-bond donors (Lipinski definition) is 0. The molecule has 1 aliphatic rings. The van der Waals surface area contributed by atoms with Crippen molar-refractivity contribution in [2.24, 2.45) is 5.89 Å². The van der Waals surface area contributed by atoms with Crippen molar-refractivity contribution in [1.82, 2.24) is 0 Å². The fourth-order valence-electron chi connectivity index (χ4n) is 2.76. The Labute approximate surface area is 88.8 Å². The van der Waals surface area contributed by atoms with E-state index in [0.717, 1.165) is 0 Å². The molecule has 0 saturated carbocycles. The molecule has 2 rings (SSSR count). The fourth-order valence-corrected chi connectivity index (χ4v) is 2.76. The Hall–Kier alpha value is -0.780. The van der Waals surface area contributed by atoms with E-state index in [1.54, 1.807) is 0 Å². The summed E-state index contributed by atoms with van der Waals surface area (Å²) in [5.41, 5.74) is 2.53. The van der Waals surface area contributed by atoms with E-state index in [4.69, 9.17) is 1.37 Å². The van der Waals surface area contributed by atoms with E-state index in [1.165, 1.54) is 11.1 Å². The third kappa shape index (κ3) is 1.00. The zero-order chi connectivity index (χ0) is 11.5. The summed E-state index contributed by atoms with van der Waals surface area (Å²) in [6, 6.07) is 8.52. The minimum Gasteiger partial charge on any atom is -0.0620 e. The normalized spacial score (nSPS) is 26.8. The number of benzene rings is 1. The summed E-state index contributed by atoms with van der Waals surface area (Å²) in [7, 11) is 0. The van der Waals surface area contributed by atoms with Gasteiger partial charge in [-0.2, -0.15) is 0 Å². The zero-order valence-electron chi connectivity index (χ0n) is 10.8. The predicted octanol–water partition coefficient (Wildman–Crippen LogP) is 3.89. The Balaban J connectivity index is 2.78. The van der Waals surface area contributed by atoms with Gasteiger partial charge in [0.1, 0.15) is 0 Å². The van der Waals surface area contributed by atoms with Gasteiger partial charge in [-0.15, -0.1) is 0 Å². The third-order valence-electron chi connectivity index (χ3n) is 4.15. The van der Waals surface area contributed by atoms with Crippen molar-refractivity contribution in [2.45, 2.75) is 45.4 Å². The van der Waals surface area contributed by atoms with Crippen molar-refractivity contribution in [3.63, 3.8) is 0 Å². The Morgan fingerprint density at radius 3 is 1.71 bits per heavy atom. The number of rotatable bonds is 0. The van der Waals surface area contributed by atoms with Crippen LogP contribution in [0.5, 0.6) is 0 Å². The Kier molecular flexibility index (Phi) is 1.60. The molecule has 0 saturated heterocycles. The van der Waals surface area contributed by atoms with Gasteiger partial charge in [0.25, 0.3) is 0 Å². The summed E-state index contributed by atoms with van der Waals surface area (Å²) in [5, 5.41) is 0. The molecule has 76 valence electrons. The van der Waals surface area contributed by atoms with Gasteiger partial charge in [-0.1, -0.05) is 58.9 Å². The van der Waals surface area contributed by atoms with E-state index in [9.17, 15) is 0 Å². The minimum absolute atomic E-state index is 0.0763. The van der Waals surface area contributed by atoms with Gasteiger partial charge < -0.3 is 0 Å². The molecule has 0 nitrogen and oxygen atoms in total. The number of hydrogen-bond acceptors (Lipinski definition) is 0. The van der Waals surface area contributed by atoms with Gasteiger partial charge in [0, 0.05) is 1.37 Å². The first-order chi connectivity index (χ1) is 6.73. The molecule has 0 aromatic heterocycles. The van der Waals surface area contributed by atoms with Crippen LogP contribution in [-0.2, 0) is 10.8 Å². The largest absolute Gasteiger partial charge is 0.0620 e. The lowest BCUT2D eigenvalue weighted by Gasteiger charge is -2.32. The quantitative estimate of drug-likeness (QED) is 0.581. The number of fused-ring (bicyclic) bond motifs is 1. The summed E-state index contributed by atoms with van der Waals surface area (Å²) < 4.78 is 8.68. The van der Waals surface area contributed by atoms with E-state index in [-0.39, 0.29) is 10.8 Å². The molecule has 0 heterocycles. The molecule has 14 heavy (non-hydrogen) atoms. The first-order valence-corrected chi connectivity index (χ1v) is 5.33. The Morgan fingerprint density at radius 1 is 1.00 bits per heavy atom. The fraction of sp³-hybridized carbons (Fsp3) is 0.571.